The molecule has 5 heteroatoms. The zero-order chi connectivity index (χ0) is 14.0. The van der Waals surface area contributed by atoms with Crippen LogP contribution in [0.15, 0.2) is 42.5 Å². The summed E-state index contributed by atoms with van der Waals surface area (Å²) < 4.78 is 37.8. The molecule has 19 heavy (non-hydrogen) atoms. The lowest BCUT2D eigenvalue weighted by Gasteiger charge is -2.13. The topological polar surface area (TPSA) is 38.0 Å². The van der Waals surface area contributed by atoms with Crippen molar-refractivity contribution in [2.45, 2.75) is 13.1 Å². The molecule has 100 valence electrons. The number of aryl methyl sites for hydroxylation is 1. The molecule has 0 amide bonds. The van der Waals surface area contributed by atoms with Gasteiger partial charge in [-0.3, -0.25) is 0 Å². The number of hydrogen-bond acceptors (Lipinski definition) is 2. The predicted molar refractivity (Wildman–Crippen MR) is 70.3 cm³/mol. The molecule has 0 bridgehead atoms. The Balaban J connectivity index is 2.31. The molecule has 2 aromatic carbocycles. The van der Waals surface area contributed by atoms with Crippen LogP contribution in [0.2, 0.25) is 0 Å². The first-order valence-electron chi connectivity index (χ1n) is 5.67. The van der Waals surface area contributed by atoms with Gasteiger partial charge in [-0.05, 0) is 36.8 Å². The number of para-hydroxylation sites is 1. The van der Waals surface area contributed by atoms with Crippen LogP contribution < -0.4 is 11.1 Å². The van der Waals surface area contributed by atoms with Gasteiger partial charge < -0.3 is 11.1 Å². The van der Waals surface area contributed by atoms with Gasteiger partial charge in [0.15, 0.2) is 0 Å². The van der Waals surface area contributed by atoms with E-state index >= 15 is 0 Å². The Kier molecular flexibility index (Phi) is 3.38. The molecular formula is C14H13F3N2. The number of nitrogens with two attached hydrogens (primary N) is 1. The first kappa shape index (κ1) is 13.3. The highest BCUT2D eigenvalue weighted by molar-refractivity contribution is 5.75. The molecule has 0 atom stereocenters. The van der Waals surface area contributed by atoms with E-state index in [1.807, 2.05) is 13.0 Å². The van der Waals surface area contributed by atoms with Crippen molar-refractivity contribution in [3.05, 3.63) is 53.6 Å². The minimum atomic E-state index is -4.35. The van der Waals surface area contributed by atoms with Crippen LogP contribution in [-0.4, -0.2) is 0 Å². The highest BCUT2D eigenvalue weighted by atomic mass is 19.4. The summed E-state index contributed by atoms with van der Waals surface area (Å²) in [4.78, 5) is 0. The van der Waals surface area contributed by atoms with Gasteiger partial charge in [0.1, 0.15) is 0 Å². The Bertz CT molecular complexity index is 591. The maximum absolute atomic E-state index is 12.6. The second-order valence-corrected chi connectivity index (χ2v) is 4.24. The van der Waals surface area contributed by atoms with Crippen LogP contribution in [0.5, 0.6) is 0 Å². The highest BCUT2D eigenvalue weighted by Crippen LogP contribution is 2.32. The Labute approximate surface area is 109 Å². The quantitative estimate of drug-likeness (QED) is 0.793. The van der Waals surface area contributed by atoms with Gasteiger partial charge in [0.05, 0.1) is 16.9 Å². The summed E-state index contributed by atoms with van der Waals surface area (Å²) in [7, 11) is 0. The van der Waals surface area contributed by atoms with Gasteiger partial charge in [0, 0.05) is 5.69 Å². The Morgan fingerprint density at radius 1 is 1.05 bits per heavy atom. The second kappa shape index (κ2) is 4.84. The molecule has 0 saturated heterocycles. The van der Waals surface area contributed by atoms with Crippen LogP contribution in [0.3, 0.4) is 0 Å². The molecule has 0 unspecified atom stereocenters. The molecule has 0 radical (unpaired) electrons. The van der Waals surface area contributed by atoms with Gasteiger partial charge in [0.2, 0.25) is 0 Å². The van der Waals surface area contributed by atoms with Gasteiger partial charge in [0.25, 0.3) is 0 Å². The summed E-state index contributed by atoms with van der Waals surface area (Å²) in [6, 6.07) is 10.4. The molecule has 2 aromatic rings. The third-order valence-electron chi connectivity index (χ3n) is 2.79. The zero-order valence-electron chi connectivity index (χ0n) is 10.3. The van der Waals surface area contributed by atoms with Crippen molar-refractivity contribution >= 4 is 17.1 Å². The molecule has 0 aromatic heterocycles. The van der Waals surface area contributed by atoms with Crippen molar-refractivity contribution in [1.82, 2.24) is 0 Å². The second-order valence-electron chi connectivity index (χ2n) is 4.24. The number of nitrogens with one attached hydrogen (secondary N) is 1. The molecule has 0 aliphatic rings. The van der Waals surface area contributed by atoms with Crippen LogP contribution in [0, 0.1) is 6.92 Å². The van der Waals surface area contributed by atoms with E-state index in [9.17, 15) is 13.2 Å². The molecule has 0 aliphatic heterocycles. The first-order valence-corrected chi connectivity index (χ1v) is 5.67. The summed E-state index contributed by atoms with van der Waals surface area (Å²) >= 11 is 0. The van der Waals surface area contributed by atoms with Crippen LogP contribution in [-0.2, 0) is 6.18 Å². The van der Waals surface area contributed by atoms with E-state index in [1.54, 1.807) is 18.2 Å². The average Bonchev–Trinajstić information content (AvgIpc) is 2.34. The van der Waals surface area contributed by atoms with Crippen LogP contribution in [0.25, 0.3) is 0 Å². The van der Waals surface area contributed by atoms with E-state index in [2.05, 4.69) is 5.32 Å². The number of benzene rings is 2. The van der Waals surface area contributed by atoms with E-state index < -0.39 is 11.7 Å². The van der Waals surface area contributed by atoms with E-state index in [1.165, 1.54) is 6.07 Å². The number of hydrogen-bond donors (Lipinski definition) is 2. The van der Waals surface area contributed by atoms with Gasteiger partial charge in [-0.25, -0.2) is 0 Å². The van der Waals surface area contributed by atoms with Crippen molar-refractivity contribution in [2.24, 2.45) is 0 Å². The Morgan fingerprint density at radius 3 is 2.42 bits per heavy atom. The monoisotopic (exact) mass is 266 g/mol. The molecule has 3 N–H and O–H groups in total. The SMILES string of the molecule is Cc1cccc(Nc2cccc(C(F)(F)F)c2)c1N. The summed E-state index contributed by atoms with van der Waals surface area (Å²) in [5, 5.41) is 2.90. The molecule has 0 spiro atoms. The Hall–Kier alpha value is -2.17. The minimum Gasteiger partial charge on any atom is -0.397 e. The van der Waals surface area contributed by atoms with E-state index in [-0.39, 0.29) is 0 Å². The van der Waals surface area contributed by atoms with Gasteiger partial charge in [-0.2, -0.15) is 13.2 Å². The van der Waals surface area contributed by atoms with Crippen molar-refractivity contribution in [2.75, 3.05) is 11.1 Å². The minimum absolute atomic E-state index is 0.354. The lowest BCUT2D eigenvalue weighted by atomic mass is 10.1. The maximum atomic E-state index is 12.6. The standard InChI is InChI=1S/C14H13F3N2/c1-9-4-2-7-12(13(9)18)19-11-6-3-5-10(8-11)14(15,16)17/h2-8,19H,18H2,1H3. The summed E-state index contributed by atoms with van der Waals surface area (Å²) in [6.07, 6.45) is -4.35. The largest absolute Gasteiger partial charge is 0.416 e. The third kappa shape index (κ3) is 2.99. The molecule has 2 nitrogen and oxygen atoms in total. The number of halogens is 3. The molecule has 0 saturated carbocycles. The fourth-order valence-electron chi connectivity index (χ4n) is 1.72. The van der Waals surface area contributed by atoms with Crippen LogP contribution in [0.1, 0.15) is 11.1 Å². The fourth-order valence-corrected chi connectivity index (χ4v) is 1.72. The van der Waals surface area contributed by atoms with Crippen molar-refractivity contribution in [3.8, 4) is 0 Å². The van der Waals surface area contributed by atoms with Gasteiger partial charge in [-0.1, -0.05) is 18.2 Å². The van der Waals surface area contributed by atoms with Crippen molar-refractivity contribution in [3.63, 3.8) is 0 Å². The normalized spacial score (nSPS) is 11.4. The molecule has 0 heterocycles. The molecular weight excluding hydrogens is 253 g/mol. The first-order chi connectivity index (χ1) is 8.88. The van der Waals surface area contributed by atoms with E-state index in [0.29, 0.717) is 17.1 Å². The van der Waals surface area contributed by atoms with E-state index in [0.717, 1.165) is 17.7 Å². The highest BCUT2D eigenvalue weighted by Gasteiger charge is 2.30. The van der Waals surface area contributed by atoms with Crippen molar-refractivity contribution in [1.29, 1.82) is 0 Å². The zero-order valence-corrected chi connectivity index (χ0v) is 10.3. The predicted octanol–water partition coefficient (Wildman–Crippen LogP) is 4.34. The maximum Gasteiger partial charge on any atom is 0.416 e. The van der Waals surface area contributed by atoms with E-state index in [4.69, 9.17) is 5.73 Å². The number of nitrogen functional groups attached to an aromatic ring is 1. The van der Waals surface area contributed by atoms with Crippen LogP contribution >= 0.6 is 0 Å². The van der Waals surface area contributed by atoms with Crippen molar-refractivity contribution < 1.29 is 13.2 Å². The third-order valence-corrected chi connectivity index (χ3v) is 2.79. The fraction of sp³-hybridized carbons (Fsp3) is 0.143. The van der Waals surface area contributed by atoms with Crippen LogP contribution in [0.4, 0.5) is 30.2 Å². The Morgan fingerprint density at radius 2 is 1.74 bits per heavy atom. The summed E-state index contributed by atoms with van der Waals surface area (Å²) in [6.45, 7) is 1.84. The van der Waals surface area contributed by atoms with Gasteiger partial charge >= 0.3 is 6.18 Å². The lowest BCUT2D eigenvalue weighted by Crippen LogP contribution is -2.05. The molecule has 0 fully saturated rings. The summed E-state index contributed by atoms with van der Waals surface area (Å²) in [5.74, 6) is 0. The number of anilines is 3. The number of alkyl halides is 3. The number of rotatable bonds is 2. The molecule has 2 rings (SSSR count). The molecule has 0 aliphatic carbocycles. The average molecular weight is 266 g/mol. The lowest BCUT2D eigenvalue weighted by molar-refractivity contribution is -0.137. The summed E-state index contributed by atoms with van der Waals surface area (Å²) in [5.41, 5.74) is 7.53. The smallest absolute Gasteiger partial charge is 0.397 e. The van der Waals surface area contributed by atoms with Gasteiger partial charge in [-0.15, -0.1) is 0 Å².